The van der Waals surface area contributed by atoms with E-state index < -0.39 is 5.66 Å². The summed E-state index contributed by atoms with van der Waals surface area (Å²) >= 11 is 0. The number of dihydropyridines is 1. The van der Waals surface area contributed by atoms with Gasteiger partial charge >= 0.3 is 0 Å². The summed E-state index contributed by atoms with van der Waals surface area (Å²) in [5.41, 5.74) is 0.0227. The summed E-state index contributed by atoms with van der Waals surface area (Å²) in [6.07, 6.45) is 3.49. The van der Waals surface area contributed by atoms with E-state index >= 15 is 0 Å². The highest BCUT2D eigenvalue weighted by molar-refractivity contribution is 5.42. The number of hydrogen-bond donors (Lipinski definition) is 2. The number of nitrogens with zero attached hydrogens (tertiary/aromatic N) is 1. The van der Waals surface area contributed by atoms with Gasteiger partial charge in [-0.1, -0.05) is 0 Å². The van der Waals surface area contributed by atoms with Crippen LogP contribution in [-0.4, -0.2) is 19.8 Å². The van der Waals surface area contributed by atoms with Crippen molar-refractivity contribution in [1.29, 1.82) is 5.26 Å². The summed E-state index contributed by atoms with van der Waals surface area (Å²) in [7, 11) is 3.34. The average Bonchev–Trinajstić information content (AvgIpc) is 2.17. The van der Waals surface area contributed by atoms with E-state index in [0.717, 1.165) is 0 Å². The zero-order valence-electron chi connectivity index (χ0n) is 8.01. The van der Waals surface area contributed by atoms with Gasteiger partial charge in [-0.05, 0) is 20.0 Å². The van der Waals surface area contributed by atoms with Gasteiger partial charge in [0, 0.05) is 6.20 Å². The van der Waals surface area contributed by atoms with Crippen LogP contribution in [-0.2, 0) is 4.74 Å². The Balaban J connectivity index is 3.14. The van der Waals surface area contributed by atoms with Gasteiger partial charge in [0.2, 0.25) is 0 Å². The van der Waals surface area contributed by atoms with Crippen LogP contribution in [0.1, 0.15) is 6.92 Å². The van der Waals surface area contributed by atoms with E-state index in [4.69, 9.17) is 10.00 Å². The lowest BCUT2D eigenvalue weighted by Gasteiger charge is -2.32. The standard InChI is InChI=1S/C9H13N3O/c1-9(11-2)7(6-10)8(13-3)4-5-12-9/h4-5,11-12H,1-3H3. The van der Waals surface area contributed by atoms with Crippen LogP contribution < -0.4 is 10.6 Å². The van der Waals surface area contributed by atoms with E-state index in [1.165, 1.54) is 0 Å². The number of rotatable bonds is 2. The van der Waals surface area contributed by atoms with Gasteiger partial charge in [-0.2, -0.15) is 5.26 Å². The average molecular weight is 179 g/mol. The topological polar surface area (TPSA) is 57.1 Å². The van der Waals surface area contributed by atoms with Crippen LogP contribution >= 0.6 is 0 Å². The Morgan fingerprint density at radius 3 is 2.85 bits per heavy atom. The van der Waals surface area contributed by atoms with Crippen molar-refractivity contribution in [2.45, 2.75) is 12.6 Å². The van der Waals surface area contributed by atoms with Gasteiger partial charge in [0.1, 0.15) is 23.1 Å². The van der Waals surface area contributed by atoms with Gasteiger partial charge in [-0.3, -0.25) is 5.32 Å². The minimum Gasteiger partial charge on any atom is -0.496 e. The summed E-state index contributed by atoms with van der Waals surface area (Å²) in [5.74, 6) is 0.595. The number of likely N-dealkylation sites (N-methyl/N-ethyl adjacent to an activating group) is 1. The van der Waals surface area contributed by atoms with E-state index in [-0.39, 0.29) is 0 Å². The largest absolute Gasteiger partial charge is 0.496 e. The minimum atomic E-state index is -0.533. The molecule has 0 saturated heterocycles. The maximum absolute atomic E-state index is 8.96. The number of nitrogens with one attached hydrogen (secondary N) is 2. The Hall–Kier alpha value is -1.47. The molecule has 0 amide bonds. The van der Waals surface area contributed by atoms with Crippen LogP contribution in [0.2, 0.25) is 0 Å². The number of nitriles is 1. The van der Waals surface area contributed by atoms with Crippen LogP contribution in [0.5, 0.6) is 0 Å². The normalized spacial score (nSPS) is 26.6. The maximum atomic E-state index is 8.96. The second kappa shape index (κ2) is 3.50. The van der Waals surface area contributed by atoms with Gasteiger partial charge in [0.05, 0.1) is 7.11 Å². The molecule has 1 unspecified atom stereocenters. The fourth-order valence-electron chi connectivity index (χ4n) is 1.22. The molecular formula is C9H13N3O. The van der Waals surface area contributed by atoms with Crippen molar-refractivity contribution < 1.29 is 4.74 Å². The molecule has 0 saturated carbocycles. The van der Waals surface area contributed by atoms with Gasteiger partial charge < -0.3 is 10.1 Å². The number of allylic oxidation sites excluding steroid dienone is 1. The van der Waals surface area contributed by atoms with E-state index in [9.17, 15) is 0 Å². The molecule has 0 aromatic heterocycles. The van der Waals surface area contributed by atoms with Crippen LogP contribution in [0.15, 0.2) is 23.6 Å². The van der Waals surface area contributed by atoms with Crippen molar-refractivity contribution >= 4 is 0 Å². The zero-order valence-corrected chi connectivity index (χ0v) is 8.01. The Morgan fingerprint density at radius 1 is 1.69 bits per heavy atom. The summed E-state index contributed by atoms with van der Waals surface area (Å²) < 4.78 is 5.08. The molecule has 0 aromatic carbocycles. The van der Waals surface area contributed by atoms with E-state index in [2.05, 4.69) is 16.7 Å². The van der Waals surface area contributed by atoms with E-state index in [1.54, 1.807) is 26.4 Å². The molecule has 4 nitrogen and oxygen atoms in total. The molecule has 0 fully saturated rings. The second-order valence-corrected chi connectivity index (χ2v) is 2.91. The molecule has 0 spiro atoms. The third kappa shape index (κ3) is 1.51. The molecule has 0 aliphatic carbocycles. The van der Waals surface area contributed by atoms with Crippen molar-refractivity contribution in [1.82, 2.24) is 10.6 Å². The molecule has 2 N–H and O–H groups in total. The van der Waals surface area contributed by atoms with Crippen molar-refractivity contribution in [3.63, 3.8) is 0 Å². The molecule has 0 radical (unpaired) electrons. The van der Waals surface area contributed by atoms with Crippen LogP contribution in [0.25, 0.3) is 0 Å². The Labute approximate surface area is 77.9 Å². The third-order valence-electron chi connectivity index (χ3n) is 2.18. The van der Waals surface area contributed by atoms with E-state index in [1.807, 2.05) is 6.92 Å². The zero-order chi connectivity index (χ0) is 9.90. The first-order valence-electron chi connectivity index (χ1n) is 4.00. The first-order chi connectivity index (χ1) is 6.18. The smallest absolute Gasteiger partial charge is 0.137 e. The molecule has 0 aromatic rings. The Bertz CT molecular complexity index is 300. The molecule has 13 heavy (non-hydrogen) atoms. The number of methoxy groups -OCH3 is 1. The Morgan fingerprint density at radius 2 is 2.38 bits per heavy atom. The van der Waals surface area contributed by atoms with Gasteiger partial charge in [0.15, 0.2) is 0 Å². The van der Waals surface area contributed by atoms with Crippen molar-refractivity contribution in [3.05, 3.63) is 23.6 Å². The second-order valence-electron chi connectivity index (χ2n) is 2.91. The predicted octanol–water partition coefficient (Wildman–Crippen LogP) is 0.463. The highest BCUT2D eigenvalue weighted by Gasteiger charge is 2.31. The maximum Gasteiger partial charge on any atom is 0.137 e. The van der Waals surface area contributed by atoms with E-state index in [0.29, 0.717) is 11.3 Å². The quantitative estimate of drug-likeness (QED) is 0.646. The summed E-state index contributed by atoms with van der Waals surface area (Å²) in [5, 5.41) is 15.0. The summed E-state index contributed by atoms with van der Waals surface area (Å²) in [6.45, 7) is 1.88. The number of ether oxygens (including phenoxy) is 1. The lowest BCUT2D eigenvalue weighted by atomic mass is 9.99. The molecule has 1 atom stereocenters. The van der Waals surface area contributed by atoms with Gasteiger partial charge in [-0.25, -0.2) is 0 Å². The Kier molecular flexibility index (Phi) is 2.59. The molecule has 1 aliphatic heterocycles. The lowest BCUT2D eigenvalue weighted by Crippen LogP contribution is -2.53. The predicted molar refractivity (Wildman–Crippen MR) is 49.4 cm³/mol. The van der Waals surface area contributed by atoms with Gasteiger partial charge in [-0.15, -0.1) is 0 Å². The molecule has 0 bridgehead atoms. The first-order valence-corrected chi connectivity index (χ1v) is 4.00. The molecule has 4 heteroatoms. The molecule has 70 valence electrons. The summed E-state index contributed by atoms with van der Waals surface area (Å²) in [4.78, 5) is 0. The highest BCUT2D eigenvalue weighted by atomic mass is 16.5. The number of hydrogen-bond acceptors (Lipinski definition) is 4. The van der Waals surface area contributed by atoms with Gasteiger partial charge in [0.25, 0.3) is 0 Å². The SMILES string of the molecule is CNC1(C)NC=CC(OC)=C1C#N. The van der Waals surface area contributed by atoms with Crippen molar-refractivity contribution in [3.8, 4) is 6.07 Å². The lowest BCUT2D eigenvalue weighted by molar-refractivity contribution is 0.281. The van der Waals surface area contributed by atoms with Crippen LogP contribution in [0.4, 0.5) is 0 Å². The van der Waals surface area contributed by atoms with Crippen LogP contribution in [0.3, 0.4) is 0 Å². The highest BCUT2D eigenvalue weighted by Crippen LogP contribution is 2.21. The van der Waals surface area contributed by atoms with Crippen LogP contribution in [0, 0.1) is 11.3 Å². The molecule has 1 rings (SSSR count). The van der Waals surface area contributed by atoms with Crippen molar-refractivity contribution in [2.75, 3.05) is 14.2 Å². The minimum absolute atomic E-state index is 0.533. The summed E-state index contributed by atoms with van der Waals surface area (Å²) in [6, 6.07) is 2.12. The third-order valence-corrected chi connectivity index (χ3v) is 2.18. The first kappa shape index (κ1) is 9.62. The molecule has 1 heterocycles. The molecule has 1 aliphatic rings. The van der Waals surface area contributed by atoms with Crippen molar-refractivity contribution in [2.24, 2.45) is 0 Å². The fourth-order valence-corrected chi connectivity index (χ4v) is 1.22. The monoisotopic (exact) mass is 179 g/mol. The molecular weight excluding hydrogens is 166 g/mol. The fraction of sp³-hybridized carbons (Fsp3) is 0.444.